The Morgan fingerprint density at radius 3 is 2.67 bits per heavy atom. The number of ether oxygens (including phenoxy) is 3. The van der Waals surface area contributed by atoms with E-state index < -0.39 is 0 Å². The highest BCUT2D eigenvalue weighted by Gasteiger charge is 2.21. The number of aromatic amines is 1. The smallest absolute Gasteiger partial charge is 0.260 e. The minimum absolute atomic E-state index is 0.0766. The van der Waals surface area contributed by atoms with Crippen molar-refractivity contribution >= 4 is 21.6 Å². The molecule has 36 heavy (non-hydrogen) atoms. The van der Waals surface area contributed by atoms with Gasteiger partial charge in [0.05, 0.1) is 12.5 Å². The van der Waals surface area contributed by atoms with E-state index >= 15 is 0 Å². The van der Waals surface area contributed by atoms with E-state index in [2.05, 4.69) is 11.6 Å². The largest absolute Gasteiger partial charge is 0.493 e. The quantitative estimate of drug-likeness (QED) is 0.223. The summed E-state index contributed by atoms with van der Waals surface area (Å²) in [5.41, 5.74) is 3.97. The van der Waals surface area contributed by atoms with E-state index in [1.54, 1.807) is 18.4 Å². The second-order valence-electron chi connectivity index (χ2n) is 8.98. The summed E-state index contributed by atoms with van der Waals surface area (Å²) >= 11 is 1.65. The van der Waals surface area contributed by atoms with Crippen LogP contribution in [-0.2, 0) is 19.3 Å². The maximum absolute atomic E-state index is 13.1. The monoisotopic (exact) mass is 502 g/mol. The molecule has 7 heteroatoms. The molecular formula is C29H30N2O4S. The topological polar surface area (TPSA) is 73.4 Å². The third kappa shape index (κ3) is 4.88. The lowest BCUT2D eigenvalue weighted by atomic mass is 9.97. The summed E-state index contributed by atoms with van der Waals surface area (Å²) in [5, 5.41) is 0.755. The first kappa shape index (κ1) is 24.1. The van der Waals surface area contributed by atoms with E-state index in [0.717, 1.165) is 46.4 Å². The molecule has 0 spiro atoms. The molecule has 1 N–H and O–H groups in total. The Hall–Kier alpha value is -3.58. The van der Waals surface area contributed by atoms with E-state index in [4.69, 9.17) is 19.2 Å². The van der Waals surface area contributed by atoms with Gasteiger partial charge in [-0.25, -0.2) is 4.98 Å². The van der Waals surface area contributed by atoms with Crippen molar-refractivity contribution in [3.8, 4) is 28.6 Å². The Labute approximate surface area is 214 Å². The Morgan fingerprint density at radius 2 is 1.89 bits per heavy atom. The minimum atomic E-state index is -0.0766. The van der Waals surface area contributed by atoms with E-state index in [-0.39, 0.29) is 5.56 Å². The number of aromatic nitrogens is 2. The van der Waals surface area contributed by atoms with Gasteiger partial charge in [-0.2, -0.15) is 0 Å². The Balaban J connectivity index is 1.42. The van der Waals surface area contributed by atoms with Gasteiger partial charge in [0.2, 0.25) is 0 Å². The number of H-pyrrole nitrogens is 1. The van der Waals surface area contributed by atoms with Crippen LogP contribution in [0.4, 0.5) is 0 Å². The highest BCUT2D eigenvalue weighted by molar-refractivity contribution is 7.18. The fourth-order valence-corrected chi connectivity index (χ4v) is 5.92. The van der Waals surface area contributed by atoms with Crippen molar-refractivity contribution in [3.05, 3.63) is 81.0 Å². The van der Waals surface area contributed by atoms with Gasteiger partial charge in [-0.15, -0.1) is 17.9 Å². The van der Waals surface area contributed by atoms with Gasteiger partial charge in [0, 0.05) is 16.0 Å². The first-order valence-corrected chi connectivity index (χ1v) is 13.1. The molecular weight excluding hydrogens is 472 g/mol. The van der Waals surface area contributed by atoms with Crippen LogP contribution in [0.25, 0.3) is 21.6 Å². The zero-order chi connectivity index (χ0) is 25.1. The fourth-order valence-electron chi connectivity index (χ4n) is 4.66. The lowest BCUT2D eigenvalue weighted by molar-refractivity contribution is 0.210. The van der Waals surface area contributed by atoms with Crippen LogP contribution in [0.2, 0.25) is 0 Å². The van der Waals surface area contributed by atoms with Crippen LogP contribution in [0.1, 0.15) is 34.4 Å². The van der Waals surface area contributed by atoms with E-state index in [1.165, 1.54) is 22.4 Å². The lowest BCUT2D eigenvalue weighted by Crippen LogP contribution is -2.12. The molecule has 0 aliphatic heterocycles. The Morgan fingerprint density at radius 1 is 1.11 bits per heavy atom. The third-order valence-electron chi connectivity index (χ3n) is 6.43. The van der Waals surface area contributed by atoms with E-state index in [1.807, 2.05) is 49.4 Å². The molecule has 0 amide bonds. The number of fused-ring (bicyclic) bond motifs is 3. The molecule has 0 saturated carbocycles. The van der Waals surface area contributed by atoms with E-state index in [0.29, 0.717) is 37.0 Å². The van der Waals surface area contributed by atoms with E-state index in [9.17, 15) is 4.79 Å². The number of benzene rings is 2. The predicted molar refractivity (Wildman–Crippen MR) is 145 cm³/mol. The van der Waals surface area contributed by atoms with Gasteiger partial charge in [-0.1, -0.05) is 23.8 Å². The van der Waals surface area contributed by atoms with Crippen molar-refractivity contribution in [3.63, 3.8) is 0 Å². The molecule has 2 aromatic carbocycles. The van der Waals surface area contributed by atoms with Crippen LogP contribution in [0.5, 0.6) is 17.2 Å². The molecule has 1 aliphatic rings. The molecule has 1 aliphatic carbocycles. The molecule has 0 atom stereocenters. The maximum Gasteiger partial charge on any atom is 0.260 e. The van der Waals surface area contributed by atoms with Gasteiger partial charge in [0.1, 0.15) is 29.6 Å². The number of methoxy groups -OCH3 is 1. The Bertz CT molecular complexity index is 1450. The number of nitrogens with zero attached hydrogens (tertiary/aromatic N) is 1. The average Bonchev–Trinajstić information content (AvgIpc) is 3.27. The zero-order valence-electron chi connectivity index (χ0n) is 20.7. The maximum atomic E-state index is 13.1. The molecule has 0 radical (unpaired) electrons. The lowest BCUT2D eigenvalue weighted by Gasteiger charge is -2.17. The summed E-state index contributed by atoms with van der Waals surface area (Å²) in [4.78, 5) is 23.0. The number of aryl methyl sites for hydroxylation is 3. The summed E-state index contributed by atoms with van der Waals surface area (Å²) in [6.07, 6.45) is 6.68. The molecule has 2 aromatic heterocycles. The van der Waals surface area contributed by atoms with Crippen molar-refractivity contribution in [2.45, 2.75) is 39.0 Å². The summed E-state index contributed by atoms with van der Waals surface area (Å²) in [6, 6.07) is 11.8. The molecule has 186 valence electrons. The van der Waals surface area contributed by atoms with Crippen molar-refractivity contribution in [2.75, 3.05) is 20.3 Å². The van der Waals surface area contributed by atoms with Gasteiger partial charge in [-0.05, 0) is 68.9 Å². The number of hydrogen-bond donors (Lipinski definition) is 1. The van der Waals surface area contributed by atoms with Crippen LogP contribution in [0, 0.1) is 6.92 Å². The molecule has 6 nitrogen and oxygen atoms in total. The Kier molecular flexibility index (Phi) is 7.09. The molecule has 0 fully saturated rings. The molecule has 5 rings (SSSR count). The van der Waals surface area contributed by atoms with Gasteiger partial charge >= 0.3 is 0 Å². The number of rotatable bonds is 9. The third-order valence-corrected chi connectivity index (χ3v) is 7.62. The normalized spacial score (nSPS) is 12.8. The average molecular weight is 503 g/mol. The van der Waals surface area contributed by atoms with Crippen molar-refractivity contribution in [1.29, 1.82) is 0 Å². The van der Waals surface area contributed by atoms with Gasteiger partial charge in [-0.3, -0.25) is 4.79 Å². The second kappa shape index (κ2) is 10.6. The number of nitrogens with one attached hydrogen (secondary N) is 1. The molecule has 2 heterocycles. The van der Waals surface area contributed by atoms with Crippen LogP contribution in [-0.4, -0.2) is 30.3 Å². The second-order valence-corrected chi connectivity index (χ2v) is 10.1. The van der Waals surface area contributed by atoms with Gasteiger partial charge in [0.25, 0.3) is 5.56 Å². The first-order chi connectivity index (χ1) is 17.6. The zero-order valence-corrected chi connectivity index (χ0v) is 21.5. The molecule has 0 unspecified atom stereocenters. The molecule has 0 bridgehead atoms. The van der Waals surface area contributed by atoms with Crippen molar-refractivity contribution < 1.29 is 14.2 Å². The predicted octanol–water partition coefficient (Wildman–Crippen LogP) is 6.03. The van der Waals surface area contributed by atoms with Crippen LogP contribution in [0.3, 0.4) is 0 Å². The highest BCUT2D eigenvalue weighted by Crippen LogP contribution is 2.38. The van der Waals surface area contributed by atoms with Crippen molar-refractivity contribution in [2.24, 2.45) is 0 Å². The van der Waals surface area contributed by atoms with Crippen LogP contribution < -0.4 is 19.8 Å². The van der Waals surface area contributed by atoms with Crippen LogP contribution >= 0.6 is 11.3 Å². The number of hydrogen-bond acceptors (Lipinski definition) is 6. The molecule has 4 aromatic rings. The summed E-state index contributed by atoms with van der Waals surface area (Å²) < 4.78 is 17.6. The summed E-state index contributed by atoms with van der Waals surface area (Å²) in [7, 11) is 1.61. The fraction of sp³-hybridized carbons (Fsp3) is 0.310. The van der Waals surface area contributed by atoms with Crippen LogP contribution in [0.15, 0.2) is 53.8 Å². The summed E-state index contributed by atoms with van der Waals surface area (Å²) in [6.45, 7) is 6.70. The van der Waals surface area contributed by atoms with Crippen molar-refractivity contribution in [1.82, 2.24) is 9.97 Å². The summed E-state index contributed by atoms with van der Waals surface area (Å²) in [5.74, 6) is 2.55. The van der Waals surface area contributed by atoms with Gasteiger partial charge < -0.3 is 19.2 Å². The first-order valence-electron chi connectivity index (χ1n) is 12.3. The highest BCUT2D eigenvalue weighted by atomic mass is 32.1. The standard InChI is InChI=1S/C29H30N2O4S/c1-4-7-19-16-20(27-30-28(32)25-22-8-5-6-9-24(22)36-29(25)31-27)17-23(33-3)26(19)35-15-14-34-21-12-10-18(2)11-13-21/h4,10-13,16-17H,1,5-9,14-15H2,2-3H3,(H,30,31,32). The number of thiophene rings is 1. The minimum Gasteiger partial charge on any atom is -0.493 e. The molecule has 0 saturated heterocycles. The SMILES string of the molecule is C=CCc1cc(-c2nc3sc4c(c3c(=O)[nH]2)CCCC4)cc(OC)c1OCCOc1ccc(C)cc1. The number of allylic oxidation sites excluding steroid dienone is 1. The van der Waals surface area contributed by atoms with Gasteiger partial charge in [0.15, 0.2) is 11.5 Å².